The van der Waals surface area contributed by atoms with Gasteiger partial charge in [-0.05, 0) is 74.2 Å². The van der Waals surface area contributed by atoms with Gasteiger partial charge in [-0.25, -0.2) is 4.39 Å². The highest BCUT2D eigenvalue weighted by atomic mass is 19.3. The predicted molar refractivity (Wildman–Crippen MR) is 146 cm³/mol. The van der Waals surface area contributed by atoms with Crippen LogP contribution in [0.1, 0.15) is 56.6 Å². The van der Waals surface area contributed by atoms with E-state index in [1.165, 1.54) is 19.1 Å². The van der Waals surface area contributed by atoms with E-state index in [0.717, 1.165) is 38.0 Å². The third kappa shape index (κ3) is 7.47. The first-order chi connectivity index (χ1) is 18.5. The number of hydrogen-bond acceptors (Lipinski definition) is 4. The Kier molecular flexibility index (Phi) is 9.10. The lowest BCUT2D eigenvalue weighted by atomic mass is 9.83. The van der Waals surface area contributed by atoms with Crippen LogP contribution in [0.5, 0.6) is 11.5 Å². The molecule has 39 heavy (non-hydrogen) atoms. The molecule has 2 aromatic carbocycles. The van der Waals surface area contributed by atoms with Gasteiger partial charge in [0.1, 0.15) is 17.2 Å². The third-order valence-electron chi connectivity index (χ3n) is 7.33. The Hall–Kier alpha value is -3.20. The topological polar surface area (TPSA) is 57.8 Å². The summed E-state index contributed by atoms with van der Waals surface area (Å²) in [6.45, 7) is 8.71. The third-order valence-corrected chi connectivity index (χ3v) is 7.33. The highest BCUT2D eigenvalue weighted by Crippen LogP contribution is 2.30. The number of nitrogens with one attached hydrogen (secondary N) is 1. The quantitative estimate of drug-likeness (QED) is 0.294. The number of aromatic amines is 1. The lowest BCUT2D eigenvalue weighted by Gasteiger charge is -2.39. The zero-order valence-corrected chi connectivity index (χ0v) is 23.1. The van der Waals surface area contributed by atoms with Crippen molar-refractivity contribution in [2.24, 2.45) is 5.92 Å². The predicted octanol–water partition coefficient (Wildman–Crippen LogP) is 6.62. The van der Waals surface area contributed by atoms with E-state index < -0.39 is 13.0 Å². The number of piperidine rings is 1. The lowest BCUT2D eigenvalue weighted by Crippen LogP contribution is -2.46. The first-order valence-electron chi connectivity index (χ1n) is 13.5. The number of hydrogen-bond donors (Lipinski definition) is 1. The largest absolute Gasteiger partial charge is 0.461 e. The Morgan fingerprint density at radius 3 is 2.62 bits per heavy atom. The number of benzene rings is 2. The SMILES string of the molecule is CCN(CC1CCCN(CC(C)(C)c2cccc(OC(C)F)c2)C1)C(=O)c1cc2cc(OC(F)F)ccc2[nH]1. The number of H-pyrrole nitrogens is 1. The van der Waals surface area contributed by atoms with Crippen molar-refractivity contribution in [3.8, 4) is 11.5 Å². The fourth-order valence-corrected chi connectivity index (χ4v) is 5.51. The van der Waals surface area contributed by atoms with Crippen LogP contribution >= 0.6 is 0 Å². The maximum absolute atomic E-state index is 13.4. The average Bonchev–Trinajstić information content (AvgIpc) is 3.30. The molecule has 1 aliphatic heterocycles. The number of nitrogens with zero attached hydrogens (tertiary/aromatic N) is 2. The van der Waals surface area contributed by atoms with Crippen LogP contribution in [0.25, 0.3) is 10.9 Å². The molecular formula is C30H38F3N3O3. The number of carbonyl (C=O) groups is 1. The van der Waals surface area contributed by atoms with Crippen molar-refractivity contribution < 1.29 is 27.4 Å². The maximum atomic E-state index is 13.4. The van der Waals surface area contributed by atoms with Crippen LogP contribution in [0, 0.1) is 5.92 Å². The summed E-state index contributed by atoms with van der Waals surface area (Å²) < 4.78 is 48.2. The molecule has 1 fully saturated rings. The standard InChI is InChI=1S/C30H38F3N3O3/c1-5-36(28(37)27-15-22-14-25(39-29(32)33)11-12-26(22)34-27)18-21-8-7-13-35(17-21)19-30(3,4)23-9-6-10-24(16-23)38-20(2)31/h6,9-12,14-16,20-21,29,34H,5,7-8,13,17-19H2,1-4H3. The van der Waals surface area contributed by atoms with E-state index in [0.29, 0.717) is 41.4 Å². The Bertz CT molecular complexity index is 1260. The fraction of sp³-hybridized carbons (Fsp3) is 0.500. The van der Waals surface area contributed by atoms with E-state index in [1.807, 2.05) is 24.0 Å². The van der Waals surface area contributed by atoms with Gasteiger partial charge in [0.15, 0.2) is 0 Å². The lowest BCUT2D eigenvalue weighted by molar-refractivity contribution is -0.0497. The van der Waals surface area contributed by atoms with Crippen molar-refractivity contribution in [1.29, 1.82) is 0 Å². The van der Waals surface area contributed by atoms with Gasteiger partial charge in [-0.15, -0.1) is 0 Å². The molecule has 2 unspecified atom stereocenters. The normalized spacial score (nSPS) is 17.4. The number of ether oxygens (including phenoxy) is 2. The highest BCUT2D eigenvalue weighted by molar-refractivity contribution is 5.98. The Labute approximate surface area is 228 Å². The highest BCUT2D eigenvalue weighted by Gasteiger charge is 2.30. The van der Waals surface area contributed by atoms with Gasteiger partial charge in [0.2, 0.25) is 6.36 Å². The van der Waals surface area contributed by atoms with Crippen LogP contribution in [0.3, 0.4) is 0 Å². The van der Waals surface area contributed by atoms with Gasteiger partial charge in [0, 0.05) is 49.4 Å². The van der Waals surface area contributed by atoms with Crippen molar-refractivity contribution in [3.05, 3.63) is 59.8 Å². The Balaban J connectivity index is 1.39. The number of alkyl halides is 3. The monoisotopic (exact) mass is 545 g/mol. The molecule has 9 heteroatoms. The van der Waals surface area contributed by atoms with Crippen molar-refractivity contribution in [1.82, 2.24) is 14.8 Å². The second-order valence-corrected chi connectivity index (χ2v) is 11.0. The molecule has 0 aliphatic carbocycles. The van der Waals surface area contributed by atoms with Gasteiger partial charge in [0.05, 0.1) is 0 Å². The number of likely N-dealkylation sites (tertiary alicyclic amines) is 1. The van der Waals surface area contributed by atoms with Gasteiger partial charge in [-0.2, -0.15) is 8.78 Å². The molecule has 1 aliphatic rings. The summed E-state index contributed by atoms with van der Waals surface area (Å²) in [5.74, 6) is 0.806. The maximum Gasteiger partial charge on any atom is 0.387 e. The first kappa shape index (κ1) is 28.8. The van der Waals surface area contributed by atoms with Gasteiger partial charge in [0.25, 0.3) is 5.91 Å². The summed E-state index contributed by atoms with van der Waals surface area (Å²) in [5.41, 5.74) is 2.05. The number of rotatable bonds is 11. The van der Waals surface area contributed by atoms with E-state index >= 15 is 0 Å². The zero-order chi connectivity index (χ0) is 28.2. The van der Waals surface area contributed by atoms with E-state index in [9.17, 15) is 18.0 Å². The van der Waals surface area contributed by atoms with E-state index in [4.69, 9.17) is 4.74 Å². The molecule has 0 bridgehead atoms. The summed E-state index contributed by atoms with van der Waals surface area (Å²) in [6.07, 6.45) is 0.727. The van der Waals surface area contributed by atoms with E-state index in [-0.39, 0.29) is 17.1 Å². The Morgan fingerprint density at radius 2 is 1.90 bits per heavy atom. The molecule has 1 amide bonds. The van der Waals surface area contributed by atoms with Crippen LogP contribution in [-0.2, 0) is 5.41 Å². The van der Waals surface area contributed by atoms with Crippen LogP contribution in [0.15, 0.2) is 48.5 Å². The number of aromatic nitrogens is 1. The van der Waals surface area contributed by atoms with Crippen molar-refractivity contribution in [2.45, 2.75) is 58.9 Å². The number of amides is 1. The molecule has 4 rings (SSSR count). The molecule has 1 aromatic heterocycles. The summed E-state index contributed by atoms with van der Waals surface area (Å²) in [4.78, 5) is 20.8. The number of carbonyl (C=O) groups excluding carboxylic acids is 1. The molecule has 0 radical (unpaired) electrons. The van der Waals surface area contributed by atoms with E-state index in [1.54, 1.807) is 18.2 Å². The molecule has 0 spiro atoms. The van der Waals surface area contributed by atoms with E-state index in [2.05, 4.69) is 34.5 Å². The zero-order valence-electron chi connectivity index (χ0n) is 23.1. The number of fused-ring (bicyclic) bond motifs is 1. The number of halogens is 3. The smallest absolute Gasteiger partial charge is 0.387 e. The van der Waals surface area contributed by atoms with Crippen molar-refractivity contribution in [3.63, 3.8) is 0 Å². The van der Waals surface area contributed by atoms with Gasteiger partial charge >= 0.3 is 6.61 Å². The van der Waals surface area contributed by atoms with Gasteiger partial charge in [-0.3, -0.25) is 4.79 Å². The van der Waals surface area contributed by atoms with Crippen LogP contribution in [-0.4, -0.2) is 66.4 Å². The molecule has 1 N–H and O–H groups in total. The molecule has 2 atom stereocenters. The van der Waals surface area contributed by atoms with Gasteiger partial charge in [-0.1, -0.05) is 26.0 Å². The molecule has 1 saturated heterocycles. The summed E-state index contributed by atoms with van der Waals surface area (Å²) in [6, 6.07) is 13.9. The molecule has 3 aromatic rings. The second-order valence-electron chi connectivity index (χ2n) is 11.0. The van der Waals surface area contributed by atoms with Crippen LogP contribution < -0.4 is 9.47 Å². The van der Waals surface area contributed by atoms with Crippen LogP contribution in [0.4, 0.5) is 13.2 Å². The minimum Gasteiger partial charge on any atom is -0.461 e. The van der Waals surface area contributed by atoms with Crippen LogP contribution in [0.2, 0.25) is 0 Å². The molecular weight excluding hydrogens is 507 g/mol. The molecule has 6 nitrogen and oxygen atoms in total. The second kappa shape index (κ2) is 12.3. The van der Waals surface area contributed by atoms with Gasteiger partial charge < -0.3 is 24.3 Å². The van der Waals surface area contributed by atoms with Crippen molar-refractivity contribution >= 4 is 16.8 Å². The molecule has 0 saturated carbocycles. The minimum absolute atomic E-state index is 0.0595. The summed E-state index contributed by atoms with van der Waals surface area (Å²) in [5, 5.41) is 0.647. The first-order valence-corrected chi connectivity index (χ1v) is 13.5. The summed E-state index contributed by atoms with van der Waals surface area (Å²) in [7, 11) is 0. The summed E-state index contributed by atoms with van der Waals surface area (Å²) >= 11 is 0. The average molecular weight is 546 g/mol. The minimum atomic E-state index is -2.90. The molecule has 2 heterocycles. The Morgan fingerprint density at radius 1 is 1.13 bits per heavy atom. The van der Waals surface area contributed by atoms with Crippen molar-refractivity contribution in [2.75, 3.05) is 32.7 Å². The molecule has 212 valence electrons. The fourth-order valence-electron chi connectivity index (χ4n) is 5.51.